The lowest BCUT2D eigenvalue weighted by molar-refractivity contribution is 0.216. The molecule has 0 spiro atoms. The van der Waals surface area contributed by atoms with Gasteiger partial charge in [0.15, 0.2) is 11.5 Å². The van der Waals surface area contributed by atoms with E-state index in [9.17, 15) is 0 Å². The van der Waals surface area contributed by atoms with Gasteiger partial charge in [0.2, 0.25) is 0 Å². The largest absolute Gasteiger partial charge is 0.493 e. The number of halogens is 3. The Hall–Kier alpha value is -1.25. The third-order valence-electron chi connectivity index (χ3n) is 3.39. The number of methoxy groups -OCH3 is 1. The van der Waals surface area contributed by atoms with E-state index in [0.29, 0.717) is 27.1 Å². The normalized spacial score (nSPS) is 12.4. The molecule has 3 aromatic rings. The Labute approximate surface area is 156 Å². The van der Waals surface area contributed by atoms with Crippen LogP contribution in [0.5, 0.6) is 11.5 Å². The third-order valence-corrected chi connectivity index (χ3v) is 4.82. The average Bonchev–Trinajstić information content (AvgIpc) is 2.87. The van der Waals surface area contributed by atoms with Gasteiger partial charge in [0.25, 0.3) is 0 Å². The van der Waals surface area contributed by atoms with Gasteiger partial charge in [-0.15, -0.1) is 0 Å². The average molecular weight is 464 g/mol. The summed E-state index contributed by atoms with van der Waals surface area (Å²) in [6, 6.07) is 3.71. The highest BCUT2D eigenvalue weighted by Crippen LogP contribution is 2.38. The first kappa shape index (κ1) is 16.6. The van der Waals surface area contributed by atoms with Gasteiger partial charge in [-0.25, -0.2) is 0 Å². The quantitative estimate of drug-likeness (QED) is 0.552. The van der Waals surface area contributed by atoms with Crippen molar-refractivity contribution < 1.29 is 9.47 Å². The number of H-pyrrole nitrogens is 1. The van der Waals surface area contributed by atoms with E-state index in [2.05, 4.69) is 37.8 Å². The number of benzene rings is 1. The Morgan fingerprint density at radius 3 is 2.52 bits per heavy atom. The number of hydrogen-bond acceptors (Lipinski definition) is 4. The van der Waals surface area contributed by atoms with Crippen LogP contribution in [0.1, 0.15) is 18.6 Å². The molecule has 0 saturated heterocycles. The van der Waals surface area contributed by atoms with Crippen LogP contribution in [0.4, 0.5) is 0 Å². The molecule has 2 aromatic heterocycles. The van der Waals surface area contributed by atoms with Crippen molar-refractivity contribution in [1.82, 2.24) is 15.2 Å². The van der Waals surface area contributed by atoms with Crippen LogP contribution in [-0.4, -0.2) is 22.3 Å². The first-order chi connectivity index (χ1) is 11.0. The van der Waals surface area contributed by atoms with Crippen LogP contribution in [0.3, 0.4) is 0 Å². The molecule has 1 aromatic carbocycles. The molecule has 0 aliphatic heterocycles. The molecular weight excluding hydrogens is 452 g/mol. The number of aromatic nitrogens is 3. The van der Waals surface area contributed by atoms with Gasteiger partial charge < -0.3 is 9.47 Å². The van der Waals surface area contributed by atoms with Crippen molar-refractivity contribution in [3.05, 3.63) is 43.8 Å². The molecule has 0 saturated carbocycles. The zero-order valence-electron chi connectivity index (χ0n) is 12.2. The Kier molecular flexibility index (Phi) is 4.84. The summed E-state index contributed by atoms with van der Waals surface area (Å²) in [7, 11) is 1.59. The molecule has 3 rings (SSSR count). The molecular formula is C15H12Cl2IN3O2. The molecule has 0 fully saturated rings. The van der Waals surface area contributed by atoms with Crippen LogP contribution in [-0.2, 0) is 0 Å². The van der Waals surface area contributed by atoms with Crippen molar-refractivity contribution in [2.45, 2.75) is 13.0 Å². The molecule has 1 N–H and O–H groups in total. The van der Waals surface area contributed by atoms with E-state index in [4.69, 9.17) is 32.7 Å². The fourth-order valence-electron chi connectivity index (χ4n) is 2.30. The lowest BCUT2D eigenvalue weighted by atomic mass is 10.1. The van der Waals surface area contributed by atoms with Crippen molar-refractivity contribution in [3.8, 4) is 11.5 Å². The van der Waals surface area contributed by atoms with Gasteiger partial charge in [-0.05, 0) is 35.6 Å². The highest BCUT2D eigenvalue weighted by Gasteiger charge is 2.19. The number of aromatic amines is 1. The molecule has 0 amide bonds. The third kappa shape index (κ3) is 3.20. The van der Waals surface area contributed by atoms with E-state index in [1.807, 2.05) is 19.1 Å². The summed E-state index contributed by atoms with van der Waals surface area (Å²) in [5.74, 6) is 1.18. The first-order valence-corrected chi connectivity index (χ1v) is 8.52. The molecule has 0 aliphatic carbocycles. The zero-order valence-corrected chi connectivity index (χ0v) is 15.9. The number of hydrogen-bond donors (Lipinski definition) is 1. The number of rotatable bonds is 4. The summed E-state index contributed by atoms with van der Waals surface area (Å²) in [5, 5.41) is 9.03. The number of pyridine rings is 1. The number of nitrogens with zero attached hydrogens (tertiary/aromatic N) is 2. The second kappa shape index (κ2) is 6.70. The monoisotopic (exact) mass is 463 g/mol. The van der Waals surface area contributed by atoms with Crippen molar-refractivity contribution in [2.75, 3.05) is 7.11 Å². The second-order valence-corrected chi connectivity index (χ2v) is 6.73. The van der Waals surface area contributed by atoms with Crippen LogP contribution in [0.15, 0.2) is 24.5 Å². The van der Waals surface area contributed by atoms with Gasteiger partial charge in [-0.2, -0.15) is 5.10 Å². The first-order valence-electron chi connectivity index (χ1n) is 6.68. The molecule has 0 unspecified atom stereocenters. The fraction of sp³-hybridized carbons (Fsp3) is 0.200. The summed E-state index contributed by atoms with van der Waals surface area (Å²) in [6.45, 7) is 1.87. The van der Waals surface area contributed by atoms with Gasteiger partial charge in [-0.1, -0.05) is 23.2 Å². The number of ether oxygens (including phenoxy) is 2. The minimum atomic E-state index is -0.367. The van der Waals surface area contributed by atoms with E-state index in [1.165, 1.54) is 0 Å². The molecule has 2 heterocycles. The lowest BCUT2D eigenvalue weighted by Gasteiger charge is -2.19. The molecule has 0 aliphatic rings. The molecule has 0 radical (unpaired) electrons. The molecule has 5 nitrogen and oxygen atoms in total. The van der Waals surface area contributed by atoms with Gasteiger partial charge >= 0.3 is 0 Å². The Morgan fingerprint density at radius 1 is 1.17 bits per heavy atom. The van der Waals surface area contributed by atoms with Crippen molar-refractivity contribution in [3.63, 3.8) is 0 Å². The van der Waals surface area contributed by atoms with Gasteiger partial charge in [0, 0.05) is 29.4 Å². The fourth-order valence-corrected chi connectivity index (χ4v) is 3.52. The lowest BCUT2D eigenvalue weighted by Crippen LogP contribution is -2.06. The second-order valence-electron chi connectivity index (χ2n) is 4.83. The van der Waals surface area contributed by atoms with E-state index in [-0.39, 0.29) is 6.10 Å². The SMILES string of the molecule is COc1cc2n[nH]c(I)c2cc1O[C@@H](C)c1c(Cl)cncc1Cl. The van der Waals surface area contributed by atoms with Gasteiger partial charge in [0.1, 0.15) is 9.80 Å². The molecule has 8 heteroatoms. The highest BCUT2D eigenvalue weighted by molar-refractivity contribution is 14.1. The summed E-state index contributed by atoms with van der Waals surface area (Å²) in [6.07, 6.45) is 2.72. The maximum Gasteiger partial charge on any atom is 0.163 e. The minimum absolute atomic E-state index is 0.367. The van der Waals surface area contributed by atoms with Crippen molar-refractivity contribution in [2.24, 2.45) is 0 Å². The predicted molar refractivity (Wildman–Crippen MR) is 98.7 cm³/mol. The number of nitrogens with one attached hydrogen (secondary N) is 1. The summed E-state index contributed by atoms with van der Waals surface area (Å²) >= 11 is 14.6. The van der Waals surface area contributed by atoms with E-state index in [1.54, 1.807) is 19.5 Å². The Morgan fingerprint density at radius 2 is 1.87 bits per heavy atom. The van der Waals surface area contributed by atoms with E-state index in [0.717, 1.165) is 14.6 Å². The smallest absolute Gasteiger partial charge is 0.163 e. The van der Waals surface area contributed by atoms with Gasteiger partial charge in [-0.3, -0.25) is 10.1 Å². The van der Waals surface area contributed by atoms with Crippen molar-refractivity contribution >= 4 is 56.7 Å². The summed E-state index contributed by atoms with van der Waals surface area (Å²) < 4.78 is 12.4. The summed E-state index contributed by atoms with van der Waals surface area (Å²) in [5.41, 5.74) is 1.50. The van der Waals surface area contributed by atoms with Crippen LogP contribution in [0.2, 0.25) is 10.0 Å². The molecule has 120 valence electrons. The van der Waals surface area contributed by atoms with E-state index >= 15 is 0 Å². The maximum atomic E-state index is 6.19. The van der Waals surface area contributed by atoms with Crippen LogP contribution in [0.25, 0.3) is 10.9 Å². The van der Waals surface area contributed by atoms with Crippen LogP contribution >= 0.6 is 45.8 Å². The summed E-state index contributed by atoms with van der Waals surface area (Å²) in [4.78, 5) is 3.96. The molecule has 0 bridgehead atoms. The highest BCUT2D eigenvalue weighted by atomic mass is 127. The van der Waals surface area contributed by atoms with Crippen LogP contribution < -0.4 is 9.47 Å². The zero-order chi connectivity index (χ0) is 16.6. The molecule has 23 heavy (non-hydrogen) atoms. The Balaban J connectivity index is 2.01. The Bertz CT molecular complexity index is 849. The standard InChI is InChI=1S/C15H12Cl2IN3O2/c1-7(14-9(16)5-19-6-10(14)17)23-13-3-8-11(4-12(13)22-2)20-21-15(8)18/h3-7H,1-2H3,(H,20,21)/t7-/m0/s1. The van der Waals surface area contributed by atoms with Crippen LogP contribution in [0, 0.1) is 3.70 Å². The topological polar surface area (TPSA) is 60.0 Å². The van der Waals surface area contributed by atoms with Crippen molar-refractivity contribution in [1.29, 1.82) is 0 Å². The number of fused-ring (bicyclic) bond motifs is 1. The van der Waals surface area contributed by atoms with E-state index < -0.39 is 0 Å². The van der Waals surface area contributed by atoms with Gasteiger partial charge in [0.05, 0.1) is 22.7 Å². The molecule has 1 atom stereocenters. The minimum Gasteiger partial charge on any atom is -0.493 e. The predicted octanol–water partition coefficient (Wildman–Crippen LogP) is 5.02. The maximum absolute atomic E-state index is 6.19.